The summed E-state index contributed by atoms with van der Waals surface area (Å²) >= 11 is 9.32. The minimum atomic E-state index is -0.167. The molecule has 0 aliphatic rings. The average molecular weight is 391 g/mol. The molecule has 0 aliphatic carbocycles. The monoisotopic (exact) mass is 389 g/mol. The van der Waals surface area contributed by atoms with Gasteiger partial charge in [-0.05, 0) is 42.0 Å². The fraction of sp³-hybridized carbons (Fsp3) is 0.0588. The number of nitrogens with one attached hydrogen (secondary N) is 1. The standard InChI is InChI=1S/C17H13BrClN3O/c18-14-6-4-13(5-7-14)17(23)21-16-9-20-22(11-16)10-12-2-1-3-15(19)8-12/h1-9,11H,10H2,(H,21,23). The Hall–Kier alpha value is -2.11. The number of amides is 1. The molecule has 0 bridgehead atoms. The molecule has 116 valence electrons. The topological polar surface area (TPSA) is 46.9 Å². The highest BCUT2D eigenvalue weighted by molar-refractivity contribution is 9.10. The molecule has 4 nitrogen and oxygen atoms in total. The summed E-state index contributed by atoms with van der Waals surface area (Å²) in [6.07, 6.45) is 3.42. The number of rotatable bonds is 4. The van der Waals surface area contributed by atoms with Crippen molar-refractivity contribution in [3.8, 4) is 0 Å². The summed E-state index contributed by atoms with van der Waals surface area (Å²) in [6, 6.07) is 14.8. The zero-order valence-electron chi connectivity index (χ0n) is 12.0. The third-order valence-electron chi connectivity index (χ3n) is 3.23. The van der Waals surface area contributed by atoms with Crippen molar-refractivity contribution < 1.29 is 4.79 Å². The van der Waals surface area contributed by atoms with E-state index in [1.165, 1.54) is 0 Å². The van der Waals surface area contributed by atoms with E-state index in [4.69, 9.17) is 11.6 Å². The van der Waals surface area contributed by atoms with Crippen LogP contribution in [-0.4, -0.2) is 15.7 Å². The molecule has 1 aromatic heterocycles. The highest BCUT2D eigenvalue weighted by Gasteiger charge is 2.07. The van der Waals surface area contributed by atoms with Gasteiger partial charge in [0.2, 0.25) is 0 Å². The first-order valence-electron chi connectivity index (χ1n) is 6.94. The lowest BCUT2D eigenvalue weighted by atomic mass is 10.2. The van der Waals surface area contributed by atoms with Crippen molar-refractivity contribution in [1.82, 2.24) is 9.78 Å². The molecule has 3 aromatic rings. The minimum Gasteiger partial charge on any atom is -0.319 e. The Labute approximate surface area is 147 Å². The Balaban J connectivity index is 1.67. The summed E-state index contributed by atoms with van der Waals surface area (Å²) < 4.78 is 2.69. The number of hydrogen-bond acceptors (Lipinski definition) is 2. The number of hydrogen-bond donors (Lipinski definition) is 1. The molecule has 0 spiro atoms. The van der Waals surface area contributed by atoms with Gasteiger partial charge in [-0.1, -0.05) is 39.7 Å². The molecular weight excluding hydrogens is 378 g/mol. The van der Waals surface area contributed by atoms with Crippen LogP contribution in [0.4, 0.5) is 5.69 Å². The number of carbonyl (C=O) groups excluding carboxylic acids is 1. The average Bonchev–Trinajstić information content (AvgIpc) is 2.95. The van der Waals surface area contributed by atoms with E-state index in [2.05, 4.69) is 26.3 Å². The molecule has 0 saturated carbocycles. The lowest BCUT2D eigenvalue weighted by Gasteiger charge is -2.03. The lowest BCUT2D eigenvalue weighted by molar-refractivity contribution is 0.102. The van der Waals surface area contributed by atoms with E-state index in [0.717, 1.165) is 10.0 Å². The fourth-order valence-corrected chi connectivity index (χ4v) is 2.62. The van der Waals surface area contributed by atoms with Crippen molar-refractivity contribution >= 4 is 39.1 Å². The van der Waals surface area contributed by atoms with Crippen LogP contribution >= 0.6 is 27.5 Å². The van der Waals surface area contributed by atoms with Crippen LogP contribution < -0.4 is 5.32 Å². The van der Waals surface area contributed by atoms with Gasteiger partial charge < -0.3 is 5.32 Å². The van der Waals surface area contributed by atoms with Gasteiger partial charge in [0.1, 0.15) is 0 Å². The maximum absolute atomic E-state index is 12.2. The van der Waals surface area contributed by atoms with Crippen molar-refractivity contribution in [2.75, 3.05) is 5.32 Å². The molecule has 0 unspecified atom stereocenters. The van der Waals surface area contributed by atoms with Crippen LogP contribution in [0.1, 0.15) is 15.9 Å². The van der Waals surface area contributed by atoms with Crippen LogP contribution in [-0.2, 0) is 6.54 Å². The molecule has 1 heterocycles. The van der Waals surface area contributed by atoms with Crippen molar-refractivity contribution in [1.29, 1.82) is 0 Å². The summed E-state index contributed by atoms with van der Waals surface area (Å²) in [4.78, 5) is 12.2. The predicted octanol–water partition coefficient (Wildman–Crippen LogP) is 4.60. The smallest absolute Gasteiger partial charge is 0.255 e. The molecule has 0 aliphatic heterocycles. The molecule has 0 atom stereocenters. The third-order valence-corrected chi connectivity index (χ3v) is 3.99. The predicted molar refractivity (Wildman–Crippen MR) is 94.9 cm³/mol. The van der Waals surface area contributed by atoms with Crippen LogP contribution in [0.25, 0.3) is 0 Å². The zero-order valence-corrected chi connectivity index (χ0v) is 14.4. The first-order chi connectivity index (χ1) is 11.1. The number of anilines is 1. The molecule has 6 heteroatoms. The largest absolute Gasteiger partial charge is 0.319 e. The van der Waals surface area contributed by atoms with Crippen molar-refractivity contribution in [3.63, 3.8) is 0 Å². The summed E-state index contributed by atoms with van der Waals surface area (Å²) in [6.45, 7) is 0.592. The van der Waals surface area contributed by atoms with Crippen LogP contribution in [0.15, 0.2) is 65.4 Å². The number of aromatic nitrogens is 2. The van der Waals surface area contributed by atoms with Crippen molar-refractivity contribution in [2.45, 2.75) is 6.54 Å². The van der Waals surface area contributed by atoms with E-state index < -0.39 is 0 Å². The van der Waals surface area contributed by atoms with Gasteiger partial charge in [0, 0.05) is 21.3 Å². The summed E-state index contributed by atoms with van der Waals surface area (Å²) in [5.74, 6) is -0.167. The van der Waals surface area contributed by atoms with Crippen LogP contribution in [0, 0.1) is 0 Å². The van der Waals surface area contributed by atoms with E-state index in [-0.39, 0.29) is 5.91 Å². The van der Waals surface area contributed by atoms with Gasteiger partial charge in [0.15, 0.2) is 0 Å². The SMILES string of the molecule is O=C(Nc1cnn(Cc2cccc(Cl)c2)c1)c1ccc(Br)cc1. The van der Waals surface area contributed by atoms with Gasteiger partial charge in [-0.3, -0.25) is 9.48 Å². The van der Waals surface area contributed by atoms with E-state index in [1.54, 1.807) is 29.2 Å². The van der Waals surface area contributed by atoms with Gasteiger partial charge >= 0.3 is 0 Å². The molecule has 2 aromatic carbocycles. The number of nitrogens with zero attached hydrogens (tertiary/aromatic N) is 2. The Kier molecular flexibility index (Phi) is 4.79. The van der Waals surface area contributed by atoms with E-state index in [1.807, 2.05) is 36.4 Å². The molecule has 0 saturated heterocycles. The lowest BCUT2D eigenvalue weighted by Crippen LogP contribution is -2.11. The van der Waals surface area contributed by atoms with E-state index in [9.17, 15) is 4.79 Å². The highest BCUT2D eigenvalue weighted by Crippen LogP contribution is 2.15. The Morgan fingerprint density at radius 1 is 1.22 bits per heavy atom. The molecule has 1 N–H and O–H groups in total. The van der Waals surface area contributed by atoms with E-state index in [0.29, 0.717) is 22.8 Å². The van der Waals surface area contributed by atoms with Crippen LogP contribution in [0.3, 0.4) is 0 Å². The molecule has 0 radical (unpaired) electrons. The van der Waals surface area contributed by atoms with Gasteiger partial charge in [-0.2, -0.15) is 5.10 Å². The second-order valence-corrected chi connectivity index (χ2v) is 6.37. The first-order valence-corrected chi connectivity index (χ1v) is 8.11. The number of halogens is 2. The van der Waals surface area contributed by atoms with Gasteiger partial charge in [-0.25, -0.2) is 0 Å². The highest BCUT2D eigenvalue weighted by atomic mass is 79.9. The quantitative estimate of drug-likeness (QED) is 0.708. The molecule has 3 rings (SSSR count). The summed E-state index contributed by atoms with van der Waals surface area (Å²) in [5, 5.41) is 7.78. The second-order valence-electron chi connectivity index (χ2n) is 5.02. The second kappa shape index (κ2) is 6.98. The van der Waals surface area contributed by atoms with Crippen molar-refractivity contribution in [2.24, 2.45) is 0 Å². The van der Waals surface area contributed by atoms with Gasteiger partial charge in [0.25, 0.3) is 5.91 Å². The maximum atomic E-state index is 12.2. The molecular formula is C17H13BrClN3O. The number of carbonyl (C=O) groups is 1. The van der Waals surface area contributed by atoms with Crippen molar-refractivity contribution in [3.05, 3.63) is 81.5 Å². The van der Waals surface area contributed by atoms with Gasteiger partial charge in [-0.15, -0.1) is 0 Å². The molecule has 23 heavy (non-hydrogen) atoms. The summed E-state index contributed by atoms with van der Waals surface area (Å²) in [5.41, 5.74) is 2.29. The third kappa shape index (κ3) is 4.21. The summed E-state index contributed by atoms with van der Waals surface area (Å²) in [7, 11) is 0. The Morgan fingerprint density at radius 2 is 2.00 bits per heavy atom. The van der Waals surface area contributed by atoms with Crippen LogP contribution in [0.5, 0.6) is 0 Å². The minimum absolute atomic E-state index is 0.167. The van der Waals surface area contributed by atoms with Crippen LogP contribution in [0.2, 0.25) is 5.02 Å². The number of benzene rings is 2. The first kappa shape index (κ1) is 15.8. The molecule has 0 fully saturated rings. The zero-order chi connectivity index (χ0) is 16.2. The maximum Gasteiger partial charge on any atom is 0.255 e. The Bertz CT molecular complexity index is 830. The van der Waals surface area contributed by atoms with Gasteiger partial charge in [0.05, 0.1) is 18.4 Å². The normalized spacial score (nSPS) is 10.5. The fourth-order valence-electron chi connectivity index (χ4n) is 2.14. The van der Waals surface area contributed by atoms with E-state index >= 15 is 0 Å². The molecule has 1 amide bonds. The Morgan fingerprint density at radius 3 is 2.74 bits per heavy atom.